The molecule has 4 heteroatoms. The van der Waals surface area contributed by atoms with Crippen molar-refractivity contribution >= 4 is 17.7 Å². The first kappa shape index (κ1) is 21.8. The number of esters is 1. The molecule has 1 saturated heterocycles. The number of carbonyl (C=O) groups is 1. The van der Waals surface area contributed by atoms with E-state index in [1.54, 1.807) is 0 Å². The molecular weight excluding hydrogens is 320 g/mol. The third-order valence-corrected chi connectivity index (χ3v) is 6.27. The zero-order valence-corrected chi connectivity index (χ0v) is 16.5. The summed E-state index contributed by atoms with van der Waals surface area (Å²) in [6.45, 7) is 2.33. The molecule has 0 bridgehead atoms. The molecule has 1 aliphatic rings. The molecule has 0 radical (unpaired) electrons. The molecule has 1 aliphatic heterocycles. The highest BCUT2D eigenvalue weighted by Crippen LogP contribution is 2.47. The Bertz CT molecular complexity index is 309. The van der Waals surface area contributed by atoms with Crippen molar-refractivity contribution in [2.24, 2.45) is 0 Å². The molecule has 1 heterocycles. The lowest BCUT2D eigenvalue weighted by molar-refractivity contribution is -0.144. The molecule has 0 saturated carbocycles. The minimum Gasteiger partial charge on any atom is -0.463 e. The van der Waals surface area contributed by atoms with Crippen LogP contribution < -0.4 is 0 Å². The van der Waals surface area contributed by atoms with Crippen LogP contribution in [-0.4, -0.2) is 34.8 Å². The highest BCUT2D eigenvalue weighted by molar-refractivity contribution is 8.07. The Balaban J connectivity index is 1.77. The maximum Gasteiger partial charge on any atom is 0.305 e. The second-order valence-electron chi connectivity index (χ2n) is 7.02. The molecule has 0 aromatic heterocycles. The standard InChI is InChI=1S/C20H38O3S/c1-2-3-4-5-7-10-13-18-19(24-18)14-11-8-6-9-12-15-20(22)23-17-16-21/h18-19,21H,2-17H2,1H3. The van der Waals surface area contributed by atoms with E-state index in [4.69, 9.17) is 9.84 Å². The Morgan fingerprint density at radius 2 is 1.42 bits per heavy atom. The molecule has 2 atom stereocenters. The first-order valence-electron chi connectivity index (χ1n) is 10.2. The van der Waals surface area contributed by atoms with Crippen molar-refractivity contribution in [3.63, 3.8) is 0 Å². The van der Waals surface area contributed by atoms with Crippen molar-refractivity contribution < 1.29 is 14.6 Å². The zero-order chi connectivity index (χ0) is 17.5. The molecule has 24 heavy (non-hydrogen) atoms. The number of aliphatic hydroxyl groups is 1. The topological polar surface area (TPSA) is 46.5 Å². The quantitative estimate of drug-likeness (QED) is 0.212. The monoisotopic (exact) mass is 358 g/mol. The van der Waals surface area contributed by atoms with E-state index < -0.39 is 0 Å². The number of hydrogen-bond donors (Lipinski definition) is 1. The minimum atomic E-state index is -0.170. The van der Waals surface area contributed by atoms with Gasteiger partial charge < -0.3 is 9.84 Å². The maximum atomic E-state index is 11.2. The van der Waals surface area contributed by atoms with Gasteiger partial charge in [0.1, 0.15) is 6.61 Å². The Kier molecular flexibility index (Phi) is 13.7. The van der Waals surface area contributed by atoms with Gasteiger partial charge in [0.25, 0.3) is 0 Å². The molecule has 0 aliphatic carbocycles. The summed E-state index contributed by atoms with van der Waals surface area (Å²) in [6.07, 6.45) is 17.7. The lowest BCUT2D eigenvalue weighted by Gasteiger charge is -2.03. The maximum absolute atomic E-state index is 11.2. The van der Waals surface area contributed by atoms with Gasteiger partial charge in [0.15, 0.2) is 0 Å². The van der Waals surface area contributed by atoms with Crippen LogP contribution in [0.15, 0.2) is 0 Å². The van der Waals surface area contributed by atoms with Crippen LogP contribution in [0.3, 0.4) is 0 Å². The van der Waals surface area contributed by atoms with Gasteiger partial charge in [-0.2, -0.15) is 11.8 Å². The summed E-state index contributed by atoms with van der Waals surface area (Å²) in [4.78, 5) is 11.2. The first-order valence-corrected chi connectivity index (χ1v) is 11.1. The van der Waals surface area contributed by atoms with Gasteiger partial charge in [0.2, 0.25) is 0 Å². The Hall–Kier alpha value is -0.220. The number of hydrogen-bond acceptors (Lipinski definition) is 4. The van der Waals surface area contributed by atoms with Crippen LogP contribution in [0.1, 0.15) is 96.8 Å². The van der Waals surface area contributed by atoms with Crippen molar-refractivity contribution in [2.45, 2.75) is 107 Å². The van der Waals surface area contributed by atoms with Crippen LogP contribution in [0.5, 0.6) is 0 Å². The van der Waals surface area contributed by atoms with Crippen LogP contribution in [0.2, 0.25) is 0 Å². The molecule has 0 spiro atoms. The summed E-state index contributed by atoms with van der Waals surface area (Å²) in [7, 11) is 0. The van der Waals surface area contributed by atoms with Gasteiger partial charge in [-0.1, -0.05) is 71.1 Å². The fourth-order valence-corrected chi connectivity index (χ4v) is 4.43. The molecular formula is C20H38O3S. The first-order chi connectivity index (χ1) is 11.8. The van der Waals surface area contributed by atoms with Gasteiger partial charge in [-0.3, -0.25) is 4.79 Å². The van der Waals surface area contributed by atoms with Crippen LogP contribution in [-0.2, 0) is 9.53 Å². The number of aliphatic hydroxyl groups excluding tert-OH is 1. The van der Waals surface area contributed by atoms with Gasteiger partial charge in [0, 0.05) is 16.9 Å². The summed E-state index contributed by atoms with van der Waals surface area (Å²) in [5.74, 6) is -0.170. The second-order valence-corrected chi connectivity index (χ2v) is 8.50. The SMILES string of the molecule is CCCCCCCCC1SC1CCCCCCCC(=O)OCCO. The molecule has 0 amide bonds. The van der Waals surface area contributed by atoms with Crippen LogP contribution >= 0.6 is 11.8 Å². The summed E-state index contributed by atoms with van der Waals surface area (Å²) in [5, 5.41) is 10.5. The average Bonchev–Trinajstić information content (AvgIpc) is 3.33. The van der Waals surface area contributed by atoms with E-state index in [2.05, 4.69) is 18.7 Å². The molecule has 142 valence electrons. The van der Waals surface area contributed by atoms with Gasteiger partial charge in [-0.15, -0.1) is 0 Å². The summed E-state index contributed by atoms with van der Waals surface area (Å²) in [5.41, 5.74) is 0. The third kappa shape index (κ3) is 12.2. The van der Waals surface area contributed by atoms with Crippen LogP contribution in [0.4, 0.5) is 0 Å². The second kappa shape index (κ2) is 15.1. The van der Waals surface area contributed by atoms with Crippen LogP contribution in [0.25, 0.3) is 0 Å². The van der Waals surface area contributed by atoms with Crippen molar-refractivity contribution in [1.82, 2.24) is 0 Å². The minimum absolute atomic E-state index is 0.0786. The van der Waals surface area contributed by atoms with Crippen molar-refractivity contribution in [1.29, 1.82) is 0 Å². The van der Waals surface area contributed by atoms with Crippen molar-refractivity contribution in [3.8, 4) is 0 Å². The van der Waals surface area contributed by atoms with E-state index in [1.807, 2.05) is 0 Å². The normalized spacial score (nSPS) is 19.4. The highest BCUT2D eigenvalue weighted by atomic mass is 32.2. The van der Waals surface area contributed by atoms with E-state index in [-0.39, 0.29) is 19.2 Å². The van der Waals surface area contributed by atoms with Gasteiger partial charge >= 0.3 is 5.97 Å². The number of carbonyl (C=O) groups excluding carboxylic acids is 1. The summed E-state index contributed by atoms with van der Waals surface area (Å²) < 4.78 is 4.84. The largest absolute Gasteiger partial charge is 0.463 e. The van der Waals surface area contributed by atoms with Crippen molar-refractivity contribution in [2.75, 3.05) is 13.2 Å². The van der Waals surface area contributed by atoms with Gasteiger partial charge in [-0.25, -0.2) is 0 Å². The highest BCUT2D eigenvalue weighted by Gasteiger charge is 2.36. The fourth-order valence-electron chi connectivity index (χ4n) is 3.19. The number of ether oxygens (including phenoxy) is 1. The van der Waals surface area contributed by atoms with Gasteiger partial charge in [-0.05, 0) is 19.3 Å². The number of thioether (sulfide) groups is 1. The number of rotatable bonds is 17. The predicted molar refractivity (Wildman–Crippen MR) is 104 cm³/mol. The Morgan fingerprint density at radius 3 is 2.00 bits per heavy atom. The Morgan fingerprint density at radius 1 is 0.875 bits per heavy atom. The summed E-state index contributed by atoms with van der Waals surface area (Å²) >= 11 is 2.20. The molecule has 1 N–H and O–H groups in total. The summed E-state index contributed by atoms with van der Waals surface area (Å²) in [6, 6.07) is 0. The van der Waals surface area contributed by atoms with E-state index in [9.17, 15) is 4.79 Å². The lowest BCUT2D eigenvalue weighted by atomic mass is 10.0. The molecule has 0 aromatic rings. The zero-order valence-electron chi connectivity index (χ0n) is 15.6. The van der Waals surface area contributed by atoms with E-state index >= 15 is 0 Å². The van der Waals surface area contributed by atoms with Crippen molar-refractivity contribution in [3.05, 3.63) is 0 Å². The van der Waals surface area contributed by atoms with E-state index in [0.717, 1.165) is 23.3 Å². The molecule has 3 nitrogen and oxygen atoms in total. The van der Waals surface area contributed by atoms with E-state index in [1.165, 1.54) is 70.6 Å². The molecule has 2 unspecified atom stereocenters. The lowest BCUT2D eigenvalue weighted by Crippen LogP contribution is -2.07. The third-order valence-electron chi connectivity index (χ3n) is 4.75. The van der Waals surface area contributed by atoms with Crippen LogP contribution in [0, 0.1) is 0 Å². The predicted octanol–water partition coefficient (Wildman–Crippen LogP) is 5.49. The van der Waals surface area contributed by atoms with Gasteiger partial charge in [0.05, 0.1) is 6.61 Å². The van der Waals surface area contributed by atoms with E-state index in [0.29, 0.717) is 6.42 Å². The molecule has 1 rings (SSSR count). The number of unbranched alkanes of at least 4 members (excludes halogenated alkanes) is 9. The average molecular weight is 359 g/mol. The smallest absolute Gasteiger partial charge is 0.305 e. The molecule has 1 fully saturated rings. The Labute approximate surface area is 153 Å². The fraction of sp³-hybridized carbons (Fsp3) is 0.950. The molecule has 0 aromatic carbocycles.